The third-order valence-corrected chi connectivity index (χ3v) is 4.79. The number of aryl methyl sites for hydroxylation is 1. The summed E-state index contributed by atoms with van der Waals surface area (Å²) in [7, 11) is 0. The normalized spacial score (nSPS) is 16.8. The summed E-state index contributed by atoms with van der Waals surface area (Å²) in [5.41, 5.74) is 4.97. The predicted molar refractivity (Wildman–Crippen MR) is 94.1 cm³/mol. The van der Waals surface area contributed by atoms with Crippen molar-refractivity contribution in [3.05, 3.63) is 70.8 Å². The van der Waals surface area contributed by atoms with Gasteiger partial charge < -0.3 is 0 Å². The van der Waals surface area contributed by atoms with E-state index in [-0.39, 0.29) is 0 Å². The van der Waals surface area contributed by atoms with Gasteiger partial charge in [0.25, 0.3) is 0 Å². The van der Waals surface area contributed by atoms with E-state index in [0.29, 0.717) is 6.04 Å². The highest BCUT2D eigenvalue weighted by Crippen LogP contribution is 2.26. The summed E-state index contributed by atoms with van der Waals surface area (Å²) in [5.74, 6) is 0. The first-order valence-electron chi connectivity index (χ1n) is 8.60. The summed E-state index contributed by atoms with van der Waals surface area (Å²) in [5, 5.41) is 9.13. The smallest absolute Gasteiger partial charge is 0.0991 e. The summed E-state index contributed by atoms with van der Waals surface area (Å²) < 4.78 is 0. The van der Waals surface area contributed by atoms with Gasteiger partial charge >= 0.3 is 0 Å². The van der Waals surface area contributed by atoms with E-state index in [1.165, 1.54) is 29.5 Å². The van der Waals surface area contributed by atoms with E-state index >= 15 is 0 Å². The fourth-order valence-corrected chi connectivity index (χ4v) is 3.61. The number of hydrogen-bond donors (Lipinski definition) is 0. The van der Waals surface area contributed by atoms with E-state index < -0.39 is 0 Å². The van der Waals surface area contributed by atoms with E-state index in [4.69, 9.17) is 5.26 Å². The van der Waals surface area contributed by atoms with Crippen molar-refractivity contribution in [3.8, 4) is 6.07 Å². The van der Waals surface area contributed by atoms with Crippen LogP contribution < -0.4 is 0 Å². The van der Waals surface area contributed by atoms with E-state index in [9.17, 15) is 0 Å². The Kier molecular flexibility index (Phi) is 5.10. The van der Waals surface area contributed by atoms with Crippen LogP contribution in [0.1, 0.15) is 42.0 Å². The number of nitrogens with zero attached hydrogens (tertiary/aromatic N) is 2. The van der Waals surface area contributed by atoms with Crippen molar-refractivity contribution < 1.29 is 0 Å². The summed E-state index contributed by atoms with van der Waals surface area (Å²) in [6.45, 7) is 4.40. The molecule has 0 saturated heterocycles. The van der Waals surface area contributed by atoms with Crippen LogP contribution in [0.15, 0.2) is 48.5 Å². The van der Waals surface area contributed by atoms with E-state index in [2.05, 4.69) is 60.4 Å². The Morgan fingerprint density at radius 3 is 2.70 bits per heavy atom. The second-order valence-corrected chi connectivity index (χ2v) is 6.45. The molecule has 1 unspecified atom stereocenters. The SMILES string of the molecule is CCCN(Cc1ccccc1)C1CCc2ccc(C#N)cc2C1. The molecular formula is C21H24N2. The Morgan fingerprint density at radius 1 is 1.13 bits per heavy atom. The maximum atomic E-state index is 9.13. The standard InChI is InChI=1S/C21H24N2/c1-2-12-23(16-17-6-4-3-5-7-17)21-11-10-19-9-8-18(15-22)13-20(19)14-21/h3-9,13,21H,2,10-12,14,16H2,1H3. The minimum absolute atomic E-state index is 0.580. The Hall–Kier alpha value is -2.11. The number of rotatable bonds is 5. The lowest BCUT2D eigenvalue weighted by molar-refractivity contribution is 0.171. The molecule has 3 rings (SSSR count). The molecule has 2 nitrogen and oxygen atoms in total. The maximum absolute atomic E-state index is 9.13. The topological polar surface area (TPSA) is 27.0 Å². The highest BCUT2D eigenvalue weighted by molar-refractivity contribution is 5.40. The zero-order chi connectivity index (χ0) is 16.1. The van der Waals surface area contributed by atoms with Gasteiger partial charge in [0.2, 0.25) is 0 Å². The third kappa shape index (κ3) is 3.81. The average molecular weight is 304 g/mol. The molecule has 2 heteroatoms. The van der Waals surface area contributed by atoms with Crippen LogP contribution in [0, 0.1) is 11.3 Å². The summed E-state index contributed by atoms with van der Waals surface area (Å²) in [4.78, 5) is 2.62. The van der Waals surface area contributed by atoms with Gasteiger partial charge in [-0.2, -0.15) is 5.26 Å². The van der Waals surface area contributed by atoms with Crippen molar-refractivity contribution in [2.75, 3.05) is 6.54 Å². The number of fused-ring (bicyclic) bond motifs is 1. The van der Waals surface area contributed by atoms with E-state index in [1.807, 2.05) is 6.07 Å². The Balaban J connectivity index is 1.77. The van der Waals surface area contributed by atoms with Crippen molar-refractivity contribution in [2.24, 2.45) is 0 Å². The van der Waals surface area contributed by atoms with Crippen LogP contribution in [-0.4, -0.2) is 17.5 Å². The molecule has 118 valence electrons. The number of nitriles is 1. The Bertz CT molecular complexity index is 685. The van der Waals surface area contributed by atoms with E-state index in [0.717, 1.165) is 31.5 Å². The average Bonchev–Trinajstić information content (AvgIpc) is 2.61. The molecule has 2 aromatic rings. The van der Waals surface area contributed by atoms with Gasteiger partial charge in [0.1, 0.15) is 0 Å². The minimum atomic E-state index is 0.580. The molecule has 0 spiro atoms. The molecule has 0 aromatic heterocycles. The Morgan fingerprint density at radius 2 is 1.96 bits per heavy atom. The van der Waals surface area contributed by atoms with Crippen LogP contribution >= 0.6 is 0 Å². The summed E-state index contributed by atoms with van der Waals surface area (Å²) in [6, 6.07) is 19.8. The molecule has 0 fully saturated rings. The highest BCUT2D eigenvalue weighted by atomic mass is 15.1. The highest BCUT2D eigenvalue weighted by Gasteiger charge is 2.24. The van der Waals surface area contributed by atoms with Crippen molar-refractivity contribution in [2.45, 2.75) is 45.2 Å². The van der Waals surface area contributed by atoms with Crippen LogP contribution in [0.2, 0.25) is 0 Å². The van der Waals surface area contributed by atoms with Crippen LogP contribution in [0.25, 0.3) is 0 Å². The molecule has 0 radical (unpaired) electrons. The lowest BCUT2D eigenvalue weighted by Crippen LogP contribution is -2.39. The predicted octanol–water partition coefficient (Wildman–Crippen LogP) is 4.33. The van der Waals surface area contributed by atoms with Gasteiger partial charge in [0.05, 0.1) is 11.6 Å². The zero-order valence-electron chi connectivity index (χ0n) is 13.8. The van der Waals surface area contributed by atoms with Gasteiger partial charge in [-0.1, -0.05) is 43.3 Å². The molecule has 23 heavy (non-hydrogen) atoms. The number of benzene rings is 2. The first-order valence-corrected chi connectivity index (χ1v) is 8.60. The zero-order valence-corrected chi connectivity index (χ0v) is 13.8. The largest absolute Gasteiger partial charge is 0.296 e. The fourth-order valence-electron chi connectivity index (χ4n) is 3.61. The molecule has 0 N–H and O–H groups in total. The summed E-state index contributed by atoms with van der Waals surface area (Å²) in [6.07, 6.45) is 4.58. The van der Waals surface area contributed by atoms with Crippen molar-refractivity contribution in [1.29, 1.82) is 5.26 Å². The van der Waals surface area contributed by atoms with Gasteiger partial charge in [0, 0.05) is 12.6 Å². The Labute approximate surface area is 139 Å². The molecule has 2 aromatic carbocycles. The second-order valence-electron chi connectivity index (χ2n) is 6.45. The quantitative estimate of drug-likeness (QED) is 0.822. The molecule has 0 saturated carbocycles. The van der Waals surface area contributed by atoms with Crippen LogP contribution in [0.3, 0.4) is 0 Å². The molecule has 0 aliphatic heterocycles. The van der Waals surface area contributed by atoms with Crippen LogP contribution in [0.5, 0.6) is 0 Å². The van der Waals surface area contributed by atoms with Gasteiger partial charge in [-0.05, 0) is 61.1 Å². The van der Waals surface area contributed by atoms with Gasteiger partial charge in [-0.3, -0.25) is 4.90 Å². The number of hydrogen-bond acceptors (Lipinski definition) is 2. The molecular weight excluding hydrogens is 280 g/mol. The maximum Gasteiger partial charge on any atom is 0.0991 e. The monoisotopic (exact) mass is 304 g/mol. The van der Waals surface area contributed by atoms with Crippen molar-refractivity contribution >= 4 is 0 Å². The third-order valence-electron chi connectivity index (χ3n) is 4.79. The lowest BCUT2D eigenvalue weighted by atomic mass is 9.86. The molecule has 0 heterocycles. The minimum Gasteiger partial charge on any atom is -0.296 e. The van der Waals surface area contributed by atoms with Crippen LogP contribution in [-0.2, 0) is 19.4 Å². The van der Waals surface area contributed by atoms with Crippen molar-refractivity contribution in [1.82, 2.24) is 4.90 Å². The second kappa shape index (κ2) is 7.44. The van der Waals surface area contributed by atoms with E-state index in [1.54, 1.807) is 0 Å². The molecule has 0 bridgehead atoms. The molecule has 1 aliphatic carbocycles. The van der Waals surface area contributed by atoms with Crippen LogP contribution in [0.4, 0.5) is 0 Å². The van der Waals surface area contributed by atoms with Gasteiger partial charge in [-0.25, -0.2) is 0 Å². The lowest BCUT2D eigenvalue weighted by Gasteiger charge is -2.35. The first kappa shape index (κ1) is 15.8. The molecule has 1 aliphatic rings. The van der Waals surface area contributed by atoms with Crippen molar-refractivity contribution in [3.63, 3.8) is 0 Å². The first-order chi connectivity index (χ1) is 11.3. The molecule has 0 amide bonds. The van der Waals surface area contributed by atoms with Gasteiger partial charge in [-0.15, -0.1) is 0 Å². The molecule has 1 atom stereocenters. The summed E-state index contributed by atoms with van der Waals surface area (Å²) >= 11 is 0. The van der Waals surface area contributed by atoms with Gasteiger partial charge in [0.15, 0.2) is 0 Å². The fraction of sp³-hybridized carbons (Fsp3) is 0.381.